The first kappa shape index (κ1) is 15.4. The highest BCUT2D eigenvalue weighted by Gasteiger charge is 2.33. The number of fused-ring (bicyclic) bond motifs is 1. The second kappa shape index (κ2) is 6.43. The van der Waals surface area contributed by atoms with Crippen LogP contribution in [0.4, 0.5) is 5.69 Å². The van der Waals surface area contributed by atoms with Gasteiger partial charge in [0.1, 0.15) is 6.61 Å². The molecular weight excluding hydrogens is 316 g/mol. The summed E-state index contributed by atoms with van der Waals surface area (Å²) in [5, 5.41) is 3.86. The van der Waals surface area contributed by atoms with Crippen molar-refractivity contribution in [3.05, 3.63) is 77.6 Å². The third-order valence-electron chi connectivity index (χ3n) is 4.35. The third kappa shape index (κ3) is 3.01. The van der Waals surface area contributed by atoms with Gasteiger partial charge in [0, 0.05) is 11.7 Å². The van der Waals surface area contributed by atoms with Crippen molar-refractivity contribution in [1.29, 1.82) is 0 Å². The van der Waals surface area contributed by atoms with Gasteiger partial charge in [0.2, 0.25) is 5.76 Å². The normalized spacial score (nSPS) is 15.9. The molecule has 5 nitrogen and oxygen atoms in total. The zero-order valence-corrected chi connectivity index (χ0v) is 13.9. The van der Waals surface area contributed by atoms with E-state index in [1.165, 1.54) is 5.56 Å². The van der Waals surface area contributed by atoms with E-state index in [2.05, 4.69) is 5.16 Å². The number of hydrogen-bond donors (Lipinski definition) is 0. The molecule has 1 aromatic heterocycles. The molecule has 5 heteroatoms. The highest BCUT2D eigenvalue weighted by Crippen LogP contribution is 2.33. The van der Waals surface area contributed by atoms with Gasteiger partial charge in [-0.05, 0) is 35.7 Å². The van der Waals surface area contributed by atoms with Crippen molar-refractivity contribution in [2.45, 2.75) is 26.0 Å². The Hall–Kier alpha value is -3.08. The molecule has 2 heterocycles. The maximum atomic E-state index is 12.8. The Balaban J connectivity index is 1.49. The molecule has 0 bridgehead atoms. The number of hydrogen-bond acceptors (Lipinski definition) is 4. The molecule has 0 unspecified atom stereocenters. The first-order valence-electron chi connectivity index (χ1n) is 8.27. The van der Waals surface area contributed by atoms with Gasteiger partial charge in [-0.3, -0.25) is 4.79 Å². The van der Waals surface area contributed by atoms with Crippen LogP contribution in [-0.4, -0.2) is 17.1 Å². The maximum Gasteiger partial charge on any atom is 0.297 e. The number of ether oxygens (including phenoxy) is 1. The van der Waals surface area contributed by atoms with Crippen LogP contribution in [0, 0.1) is 0 Å². The Morgan fingerprint density at radius 3 is 2.80 bits per heavy atom. The molecule has 0 radical (unpaired) electrons. The van der Waals surface area contributed by atoms with E-state index in [0.717, 1.165) is 17.7 Å². The van der Waals surface area contributed by atoms with E-state index >= 15 is 0 Å². The predicted octanol–water partition coefficient (Wildman–Crippen LogP) is 3.85. The van der Waals surface area contributed by atoms with Gasteiger partial charge in [0.25, 0.3) is 11.8 Å². The van der Waals surface area contributed by atoms with Gasteiger partial charge >= 0.3 is 0 Å². The Kier molecular flexibility index (Phi) is 3.98. The average Bonchev–Trinajstić information content (AvgIpc) is 3.24. The van der Waals surface area contributed by atoms with Gasteiger partial charge in [-0.1, -0.05) is 48.5 Å². The van der Waals surface area contributed by atoms with Crippen LogP contribution >= 0.6 is 0 Å². The Morgan fingerprint density at radius 2 is 1.96 bits per heavy atom. The van der Waals surface area contributed by atoms with Crippen LogP contribution < -0.4 is 9.64 Å². The molecular formula is C20H18N2O3. The van der Waals surface area contributed by atoms with E-state index in [9.17, 15) is 4.79 Å². The van der Waals surface area contributed by atoms with Crippen LogP contribution in [0.3, 0.4) is 0 Å². The summed E-state index contributed by atoms with van der Waals surface area (Å²) in [5.41, 5.74) is 3.13. The van der Waals surface area contributed by atoms with E-state index in [0.29, 0.717) is 12.5 Å². The smallest absolute Gasteiger partial charge is 0.297 e. The first-order chi connectivity index (χ1) is 12.2. The average molecular weight is 334 g/mol. The van der Waals surface area contributed by atoms with Gasteiger partial charge in [0.05, 0.1) is 6.07 Å². The molecule has 2 aromatic carbocycles. The summed E-state index contributed by atoms with van der Waals surface area (Å²) in [6, 6.07) is 19.4. The van der Waals surface area contributed by atoms with E-state index in [1.54, 1.807) is 11.0 Å². The molecule has 25 heavy (non-hydrogen) atoms. The molecule has 0 aliphatic carbocycles. The minimum absolute atomic E-state index is 0.0867. The summed E-state index contributed by atoms with van der Waals surface area (Å²) in [7, 11) is 0. The van der Waals surface area contributed by atoms with Crippen molar-refractivity contribution in [1.82, 2.24) is 5.16 Å². The standard InChI is InChI=1S/C20H18N2O3/c1-14-11-16-9-5-6-10-17(16)22(14)20(23)18-12-19(21-25-18)24-13-15-7-3-2-4-8-15/h2-10,12,14H,11,13H2,1H3/t14-/m1/s1. The van der Waals surface area contributed by atoms with Crippen molar-refractivity contribution < 1.29 is 14.1 Å². The number of benzene rings is 2. The number of anilines is 1. The lowest BCUT2D eigenvalue weighted by Crippen LogP contribution is -2.35. The van der Waals surface area contributed by atoms with Gasteiger partial charge < -0.3 is 14.2 Å². The highest BCUT2D eigenvalue weighted by molar-refractivity contribution is 6.06. The fourth-order valence-corrected chi connectivity index (χ4v) is 3.15. The van der Waals surface area contributed by atoms with Crippen LogP contribution in [0.25, 0.3) is 0 Å². The van der Waals surface area contributed by atoms with Crippen molar-refractivity contribution in [3.8, 4) is 5.88 Å². The lowest BCUT2D eigenvalue weighted by molar-refractivity contribution is 0.0945. The summed E-state index contributed by atoms with van der Waals surface area (Å²) >= 11 is 0. The molecule has 0 saturated heterocycles. The van der Waals surface area contributed by atoms with E-state index < -0.39 is 0 Å². The van der Waals surface area contributed by atoms with Crippen molar-refractivity contribution >= 4 is 11.6 Å². The molecule has 0 N–H and O–H groups in total. The van der Waals surface area contributed by atoms with Crippen LogP contribution in [-0.2, 0) is 13.0 Å². The Labute approximate surface area is 145 Å². The maximum absolute atomic E-state index is 12.8. The quantitative estimate of drug-likeness (QED) is 0.727. The number of carbonyl (C=O) groups excluding carboxylic acids is 1. The minimum Gasteiger partial charge on any atom is -0.471 e. The highest BCUT2D eigenvalue weighted by atomic mass is 16.5. The van der Waals surface area contributed by atoms with Gasteiger partial charge in [-0.25, -0.2) is 0 Å². The van der Waals surface area contributed by atoms with Gasteiger partial charge in [0.15, 0.2) is 0 Å². The molecule has 126 valence electrons. The molecule has 1 atom stereocenters. The molecule has 0 saturated carbocycles. The second-order valence-electron chi connectivity index (χ2n) is 6.16. The van der Waals surface area contributed by atoms with Gasteiger partial charge in [-0.15, -0.1) is 0 Å². The molecule has 1 aliphatic heterocycles. The van der Waals surface area contributed by atoms with E-state index in [1.807, 2.05) is 61.5 Å². The number of carbonyl (C=O) groups is 1. The van der Waals surface area contributed by atoms with Crippen LogP contribution in [0.15, 0.2) is 65.2 Å². The summed E-state index contributed by atoms with van der Waals surface area (Å²) in [4.78, 5) is 14.6. The van der Waals surface area contributed by atoms with E-state index in [-0.39, 0.29) is 17.7 Å². The van der Waals surface area contributed by atoms with Crippen molar-refractivity contribution in [3.63, 3.8) is 0 Å². The van der Waals surface area contributed by atoms with Crippen LogP contribution in [0.1, 0.15) is 28.6 Å². The fraction of sp³-hybridized carbons (Fsp3) is 0.200. The number of rotatable bonds is 4. The largest absolute Gasteiger partial charge is 0.471 e. The summed E-state index contributed by atoms with van der Waals surface area (Å²) in [5.74, 6) is 0.304. The van der Waals surface area contributed by atoms with Crippen molar-refractivity contribution in [2.24, 2.45) is 0 Å². The minimum atomic E-state index is -0.195. The molecule has 0 spiro atoms. The summed E-state index contributed by atoms with van der Waals surface area (Å²) < 4.78 is 10.8. The Morgan fingerprint density at radius 1 is 1.20 bits per heavy atom. The topological polar surface area (TPSA) is 55.6 Å². The molecule has 4 rings (SSSR count). The lowest BCUT2D eigenvalue weighted by Gasteiger charge is -2.20. The second-order valence-corrected chi connectivity index (χ2v) is 6.16. The van der Waals surface area contributed by atoms with Gasteiger partial charge in [-0.2, -0.15) is 0 Å². The van der Waals surface area contributed by atoms with E-state index in [4.69, 9.17) is 9.26 Å². The summed E-state index contributed by atoms with van der Waals surface area (Å²) in [6.45, 7) is 2.41. The number of para-hydroxylation sites is 1. The number of aromatic nitrogens is 1. The van der Waals surface area contributed by atoms with Crippen LogP contribution in [0.5, 0.6) is 5.88 Å². The molecule has 1 aliphatic rings. The lowest BCUT2D eigenvalue weighted by atomic mass is 10.1. The third-order valence-corrected chi connectivity index (χ3v) is 4.35. The molecule has 3 aromatic rings. The van der Waals surface area contributed by atoms with Crippen LogP contribution in [0.2, 0.25) is 0 Å². The zero-order valence-electron chi connectivity index (χ0n) is 13.9. The molecule has 0 fully saturated rings. The number of nitrogens with zero attached hydrogens (tertiary/aromatic N) is 2. The SMILES string of the molecule is C[C@@H]1Cc2ccccc2N1C(=O)c1cc(OCc2ccccc2)no1. The fourth-order valence-electron chi connectivity index (χ4n) is 3.15. The first-order valence-corrected chi connectivity index (χ1v) is 8.27. The number of amides is 1. The predicted molar refractivity (Wildman–Crippen MR) is 93.7 cm³/mol. The monoisotopic (exact) mass is 334 g/mol. The summed E-state index contributed by atoms with van der Waals surface area (Å²) in [6.07, 6.45) is 0.841. The van der Waals surface area contributed by atoms with Crippen molar-refractivity contribution in [2.75, 3.05) is 4.90 Å². The Bertz CT molecular complexity index is 889. The molecule has 1 amide bonds. The zero-order chi connectivity index (χ0) is 17.2.